The standard InChI is InChI=1S/C26H43NO2/c28-23(17-20-8-3-4-9-20)11-12-24-25-18-21(16-22(25)19-26(24)29)10-2-1-5-13-27-14-6-7-15-27/h11-12,16,20,22-26,28-29H,1-10,13-15,17-19H2/b12-11+/t22-,23+,24+,25-,26+/m0/s1. The third-order valence-corrected chi connectivity index (χ3v) is 8.23. The molecule has 1 heterocycles. The molecule has 1 saturated heterocycles. The maximum Gasteiger partial charge on any atom is 0.0723 e. The van der Waals surface area contributed by atoms with Crippen LogP contribution in [0.2, 0.25) is 0 Å². The summed E-state index contributed by atoms with van der Waals surface area (Å²) in [5.74, 6) is 2.08. The van der Waals surface area contributed by atoms with Gasteiger partial charge in [-0.15, -0.1) is 0 Å². The largest absolute Gasteiger partial charge is 0.392 e. The van der Waals surface area contributed by atoms with Crippen LogP contribution in [0, 0.1) is 23.7 Å². The topological polar surface area (TPSA) is 43.7 Å². The van der Waals surface area contributed by atoms with Crippen LogP contribution >= 0.6 is 0 Å². The first-order valence-corrected chi connectivity index (χ1v) is 12.7. The average molecular weight is 402 g/mol. The molecule has 29 heavy (non-hydrogen) atoms. The van der Waals surface area contributed by atoms with Crippen molar-refractivity contribution in [2.45, 2.75) is 95.7 Å². The molecular formula is C26H43NO2. The molecule has 0 aromatic heterocycles. The number of fused-ring (bicyclic) bond motifs is 1. The van der Waals surface area contributed by atoms with E-state index in [0.717, 1.165) is 12.8 Å². The maximum absolute atomic E-state index is 10.6. The quantitative estimate of drug-likeness (QED) is 0.396. The van der Waals surface area contributed by atoms with E-state index >= 15 is 0 Å². The Morgan fingerprint density at radius 2 is 1.86 bits per heavy atom. The van der Waals surface area contributed by atoms with Crippen LogP contribution in [-0.4, -0.2) is 47.0 Å². The highest BCUT2D eigenvalue weighted by Gasteiger charge is 2.43. The van der Waals surface area contributed by atoms with Crippen molar-refractivity contribution in [3.63, 3.8) is 0 Å². The number of allylic oxidation sites excluding steroid dienone is 2. The van der Waals surface area contributed by atoms with Crippen molar-refractivity contribution in [2.75, 3.05) is 19.6 Å². The summed E-state index contributed by atoms with van der Waals surface area (Å²) in [6.07, 6.45) is 22.4. The van der Waals surface area contributed by atoms with Gasteiger partial charge in [-0.1, -0.05) is 55.9 Å². The first kappa shape index (κ1) is 21.6. The van der Waals surface area contributed by atoms with Crippen LogP contribution in [0.25, 0.3) is 0 Å². The number of hydrogen-bond acceptors (Lipinski definition) is 3. The first-order valence-electron chi connectivity index (χ1n) is 12.7. The molecular weight excluding hydrogens is 358 g/mol. The van der Waals surface area contributed by atoms with Gasteiger partial charge in [-0.05, 0) is 88.8 Å². The van der Waals surface area contributed by atoms with Crippen LogP contribution in [0.15, 0.2) is 23.8 Å². The lowest BCUT2D eigenvalue weighted by Gasteiger charge is -2.19. The van der Waals surface area contributed by atoms with Gasteiger partial charge in [-0.3, -0.25) is 0 Å². The smallest absolute Gasteiger partial charge is 0.0723 e. The van der Waals surface area contributed by atoms with E-state index in [1.165, 1.54) is 90.3 Å². The van der Waals surface area contributed by atoms with Gasteiger partial charge in [-0.25, -0.2) is 0 Å². The van der Waals surface area contributed by atoms with Crippen molar-refractivity contribution < 1.29 is 10.2 Å². The summed E-state index contributed by atoms with van der Waals surface area (Å²) in [5.41, 5.74) is 1.64. The van der Waals surface area contributed by atoms with Crippen LogP contribution < -0.4 is 0 Å². The Morgan fingerprint density at radius 1 is 1.07 bits per heavy atom. The van der Waals surface area contributed by atoms with Crippen LogP contribution in [0.5, 0.6) is 0 Å². The van der Waals surface area contributed by atoms with E-state index in [0.29, 0.717) is 17.8 Å². The molecule has 1 aliphatic heterocycles. The van der Waals surface area contributed by atoms with Crippen molar-refractivity contribution in [1.82, 2.24) is 4.90 Å². The van der Waals surface area contributed by atoms with Crippen molar-refractivity contribution in [1.29, 1.82) is 0 Å². The van der Waals surface area contributed by atoms with Crippen LogP contribution in [-0.2, 0) is 0 Å². The number of likely N-dealkylation sites (tertiary alicyclic amines) is 1. The minimum atomic E-state index is -0.325. The van der Waals surface area contributed by atoms with Crippen molar-refractivity contribution in [3.8, 4) is 0 Å². The van der Waals surface area contributed by atoms with E-state index in [-0.39, 0.29) is 18.1 Å². The summed E-state index contributed by atoms with van der Waals surface area (Å²) in [6, 6.07) is 0. The molecule has 3 aliphatic carbocycles. The van der Waals surface area contributed by atoms with Crippen molar-refractivity contribution in [3.05, 3.63) is 23.8 Å². The molecule has 0 aromatic rings. The average Bonchev–Trinajstić information content (AvgIpc) is 3.46. The summed E-state index contributed by atoms with van der Waals surface area (Å²) in [4.78, 5) is 2.62. The van der Waals surface area contributed by atoms with E-state index in [1.54, 1.807) is 5.57 Å². The monoisotopic (exact) mass is 401 g/mol. The minimum Gasteiger partial charge on any atom is -0.392 e. The first-order chi connectivity index (χ1) is 14.2. The van der Waals surface area contributed by atoms with Gasteiger partial charge in [0.25, 0.3) is 0 Å². The molecule has 3 nitrogen and oxygen atoms in total. The zero-order chi connectivity index (χ0) is 20.1. The summed E-state index contributed by atoms with van der Waals surface area (Å²) in [6.45, 7) is 3.94. The molecule has 3 heteroatoms. The summed E-state index contributed by atoms with van der Waals surface area (Å²) >= 11 is 0. The molecule has 164 valence electrons. The number of unbranched alkanes of at least 4 members (excludes halogenated alkanes) is 2. The second kappa shape index (κ2) is 10.6. The fourth-order valence-corrected chi connectivity index (χ4v) is 6.58. The predicted octanol–water partition coefficient (Wildman–Crippen LogP) is 5.08. The van der Waals surface area contributed by atoms with Gasteiger partial charge in [0.15, 0.2) is 0 Å². The van der Waals surface area contributed by atoms with Crippen molar-refractivity contribution >= 4 is 0 Å². The molecule has 4 aliphatic rings. The lowest BCUT2D eigenvalue weighted by Crippen LogP contribution is -2.20. The Balaban J connectivity index is 1.17. The Hall–Kier alpha value is -0.640. The van der Waals surface area contributed by atoms with Crippen LogP contribution in [0.3, 0.4) is 0 Å². The van der Waals surface area contributed by atoms with E-state index < -0.39 is 0 Å². The molecule has 3 fully saturated rings. The molecule has 0 bridgehead atoms. The third kappa shape index (κ3) is 5.95. The Bertz CT molecular complexity index is 559. The zero-order valence-corrected chi connectivity index (χ0v) is 18.4. The van der Waals surface area contributed by atoms with E-state index in [2.05, 4.69) is 17.1 Å². The maximum atomic E-state index is 10.6. The fourth-order valence-electron chi connectivity index (χ4n) is 6.58. The van der Waals surface area contributed by atoms with Crippen molar-refractivity contribution in [2.24, 2.45) is 23.7 Å². The Kier molecular flexibility index (Phi) is 7.89. The molecule has 2 saturated carbocycles. The van der Waals surface area contributed by atoms with Gasteiger partial charge >= 0.3 is 0 Å². The summed E-state index contributed by atoms with van der Waals surface area (Å²) in [5, 5.41) is 21.0. The number of hydrogen-bond donors (Lipinski definition) is 2. The highest BCUT2D eigenvalue weighted by molar-refractivity contribution is 5.21. The lowest BCUT2D eigenvalue weighted by atomic mass is 9.88. The molecule has 0 spiro atoms. The van der Waals surface area contributed by atoms with Gasteiger partial charge < -0.3 is 15.1 Å². The molecule has 0 amide bonds. The SMILES string of the molecule is O[C@H](/C=C/[C@@H]1[C@H]2CC(CCCCCN3CCCC3)=C[C@H]2C[C@H]1O)CC1CCCC1. The van der Waals surface area contributed by atoms with E-state index in [1.807, 2.05) is 6.08 Å². The molecule has 0 aromatic carbocycles. The van der Waals surface area contributed by atoms with Crippen LogP contribution in [0.4, 0.5) is 0 Å². The van der Waals surface area contributed by atoms with Gasteiger partial charge in [0.05, 0.1) is 12.2 Å². The highest BCUT2D eigenvalue weighted by atomic mass is 16.3. The number of rotatable bonds is 10. The Morgan fingerprint density at radius 3 is 2.66 bits per heavy atom. The molecule has 2 N–H and O–H groups in total. The highest BCUT2D eigenvalue weighted by Crippen LogP contribution is 2.48. The zero-order valence-electron chi connectivity index (χ0n) is 18.4. The van der Waals surface area contributed by atoms with Gasteiger partial charge in [0, 0.05) is 5.92 Å². The predicted molar refractivity (Wildman–Crippen MR) is 120 cm³/mol. The number of aliphatic hydroxyl groups is 2. The summed E-state index contributed by atoms with van der Waals surface area (Å²) < 4.78 is 0. The molecule has 0 unspecified atom stereocenters. The molecule has 0 radical (unpaired) electrons. The Labute approximate surface area is 178 Å². The third-order valence-electron chi connectivity index (χ3n) is 8.23. The van der Waals surface area contributed by atoms with Gasteiger partial charge in [0.2, 0.25) is 0 Å². The van der Waals surface area contributed by atoms with Crippen LogP contribution in [0.1, 0.15) is 83.5 Å². The number of aliphatic hydroxyl groups excluding tert-OH is 2. The fraction of sp³-hybridized carbons (Fsp3) is 0.846. The summed E-state index contributed by atoms with van der Waals surface area (Å²) in [7, 11) is 0. The second-order valence-corrected chi connectivity index (χ2v) is 10.4. The second-order valence-electron chi connectivity index (χ2n) is 10.4. The lowest BCUT2D eigenvalue weighted by molar-refractivity contribution is 0.139. The normalized spacial score (nSPS) is 34.3. The van der Waals surface area contributed by atoms with E-state index in [9.17, 15) is 10.2 Å². The molecule has 5 atom stereocenters. The van der Waals surface area contributed by atoms with E-state index in [4.69, 9.17) is 0 Å². The van der Waals surface area contributed by atoms with Gasteiger partial charge in [0.1, 0.15) is 0 Å². The number of nitrogens with zero attached hydrogens (tertiary/aromatic N) is 1. The minimum absolute atomic E-state index is 0.224. The van der Waals surface area contributed by atoms with Gasteiger partial charge in [-0.2, -0.15) is 0 Å². The molecule has 4 rings (SSSR count).